The van der Waals surface area contributed by atoms with Gasteiger partial charge < -0.3 is 19.6 Å². The minimum absolute atomic E-state index is 0.270. The molecule has 6 nitrogen and oxygen atoms in total. The van der Waals surface area contributed by atoms with Crippen molar-refractivity contribution in [3.8, 4) is 5.75 Å². The molecule has 0 aliphatic heterocycles. The van der Waals surface area contributed by atoms with Crippen LogP contribution in [0, 0.1) is 0 Å². The fraction of sp³-hybridized carbons (Fsp3) is 0.222. The molecule has 3 N–H and O–H groups in total. The highest BCUT2D eigenvalue weighted by atomic mass is 32.2. The lowest BCUT2D eigenvalue weighted by molar-refractivity contribution is -0.133. The average Bonchev–Trinajstić information content (AvgIpc) is 2.20. The highest BCUT2D eigenvalue weighted by molar-refractivity contribution is 7.73. The molecule has 0 aliphatic carbocycles. The maximum Gasteiger partial charge on any atom is 0.310 e. The van der Waals surface area contributed by atoms with Crippen molar-refractivity contribution in [1.82, 2.24) is 0 Å². The van der Waals surface area contributed by atoms with Crippen molar-refractivity contribution in [2.75, 3.05) is 5.73 Å². The molecule has 0 aromatic heterocycles. The van der Waals surface area contributed by atoms with Gasteiger partial charge in [-0.1, -0.05) is 19.1 Å². The van der Waals surface area contributed by atoms with Gasteiger partial charge in [-0.25, -0.2) is 4.21 Å². The van der Waals surface area contributed by atoms with Gasteiger partial charge in [0, 0.05) is 6.42 Å². The Labute approximate surface area is 95.5 Å². The molecule has 1 unspecified atom stereocenters. The van der Waals surface area contributed by atoms with Gasteiger partial charge in [-0.15, -0.1) is 0 Å². The number of nitrogen functional groups attached to an aromatic ring is 1. The first-order chi connectivity index (χ1) is 7.47. The maximum absolute atomic E-state index is 10.9. The summed E-state index contributed by atoms with van der Waals surface area (Å²) in [5.74, 6) is 0.164. The number of hydrogen-bond acceptors (Lipinski definition) is 5. The van der Waals surface area contributed by atoms with Crippen LogP contribution in [0.4, 0.5) is 5.69 Å². The molecule has 1 aromatic carbocycles. The minimum Gasteiger partial charge on any atom is -0.750 e. The number of para-hydroxylation sites is 2. The van der Waals surface area contributed by atoms with E-state index in [0.29, 0.717) is 17.9 Å². The Morgan fingerprint density at radius 3 is 2.50 bits per heavy atom. The van der Waals surface area contributed by atoms with Crippen LogP contribution in [0.2, 0.25) is 0 Å². The molecule has 16 heavy (non-hydrogen) atoms. The Balaban J connectivity index is 0.000000487. The fourth-order valence-electron chi connectivity index (χ4n) is 0.768. The summed E-state index contributed by atoms with van der Waals surface area (Å²) in [7, 11) is 0. The molecule has 0 saturated carbocycles. The van der Waals surface area contributed by atoms with E-state index in [1.54, 1.807) is 31.2 Å². The molecular weight excluding hydrogens is 234 g/mol. The minimum atomic E-state index is -2.86. The summed E-state index contributed by atoms with van der Waals surface area (Å²) in [6.45, 7) is 1.74. The van der Waals surface area contributed by atoms with Gasteiger partial charge >= 0.3 is 5.97 Å². The third kappa shape index (κ3) is 6.93. The number of carbonyl (C=O) groups excluding carboxylic acids is 1. The third-order valence-corrected chi connectivity index (χ3v) is 1.43. The van der Waals surface area contributed by atoms with Crippen molar-refractivity contribution in [2.45, 2.75) is 13.3 Å². The predicted molar refractivity (Wildman–Crippen MR) is 58.3 cm³/mol. The summed E-state index contributed by atoms with van der Waals surface area (Å²) >= 11 is -2.86. The van der Waals surface area contributed by atoms with Crippen LogP contribution in [-0.4, -0.2) is 19.3 Å². The summed E-state index contributed by atoms with van der Waals surface area (Å²) in [5, 5.41) is 0. The number of ether oxygens (including phenoxy) is 1. The van der Waals surface area contributed by atoms with Crippen LogP contribution in [0.1, 0.15) is 13.3 Å². The lowest BCUT2D eigenvalue weighted by Crippen LogP contribution is -2.06. The molecule has 0 heterocycles. The molecule has 0 radical (unpaired) electrons. The molecular formula is C9H12NO5S-. The van der Waals surface area contributed by atoms with Gasteiger partial charge in [0.25, 0.3) is 0 Å². The van der Waals surface area contributed by atoms with Crippen LogP contribution in [0.25, 0.3) is 0 Å². The van der Waals surface area contributed by atoms with Gasteiger partial charge in [0.1, 0.15) is 0 Å². The fourth-order valence-corrected chi connectivity index (χ4v) is 0.768. The van der Waals surface area contributed by atoms with Crippen LogP contribution in [0.15, 0.2) is 24.3 Å². The Morgan fingerprint density at radius 2 is 2.06 bits per heavy atom. The normalized spacial score (nSPS) is 10.9. The van der Waals surface area contributed by atoms with Gasteiger partial charge in [-0.2, -0.15) is 0 Å². The second kappa shape index (κ2) is 7.80. The molecule has 0 aliphatic rings. The molecule has 7 heteroatoms. The third-order valence-electron chi connectivity index (χ3n) is 1.43. The van der Waals surface area contributed by atoms with Crippen LogP contribution >= 0.6 is 0 Å². The Kier molecular flexibility index (Phi) is 7.10. The Bertz CT molecular complexity index is 365. The van der Waals surface area contributed by atoms with Crippen molar-refractivity contribution in [2.24, 2.45) is 0 Å². The molecule has 90 valence electrons. The molecule has 0 spiro atoms. The van der Waals surface area contributed by atoms with Gasteiger partial charge in [0.05, 0.1) is 17.0 Å². The van der Waals surface area contributed by atoms with E-state index in [9.17, 15) is 4.79 Å². The second-order valence-corrected chi connectivity index (χ2v) is 3.02. The van der Waals surface area contributed by atoms with Gasteiger partial charge in [0.2, 0.25) is 0 Å². The molecule has 0 amide bonds. The smallest absolute Gasteiger partial charge is 0.310 e. The van der Waals surface area contributed by atoms with Crippen molar-refractivity contribution < 1.29 is 22.8 Å². The van der Waals surface area contributed by atoms with E-state index in [1.807, 2.05) is 0 Å². The first kappa shape index (κ1) is 14.6. The lowest BCUT2D eigenvalue weighted by atomic mass is 10.3. The summed E-state index contributed by atoms with van der Waals surface area (Å²) in [6, 6.07) is 6.93. The van der Waals surface area contributed by atoms with Gasteiger partial charge in [-0.3, -0.25) is 4.79 Å². The largest absolute Gasteiger partial charge is 0.750 e. The first-order valence-corrected chi connectivity index (χ1v) is 5.34. The number of benzene rings is 1. The van der Waals surface area contributed by atoms with Crippen molar-refractivity contribution in [1.29, 1.82) is 0 Å². The zero-order valence-corrected chi connectivity index (χ0v) is 9.40. The Morgan fingerprint density at radius 1 is 1.56 bits per heavy atom. The number of rotatable bonds is 2. The molecule has 0 fully saturated rings. The van der Waals surface area contributed by atoms with E-state index in [-0.39, 0.29) is 5.97 Å². The van der Waals surface area contributed by atoms with Gasteiger partial charge in [0.15, 0.2) is 5.75 Å². The zero-order valence-electron chi connectivity index (χ0n) is 8.58. The lowest BCUT2D eigenvalue weighted by Gasteiger charge is -2.04. The predicted octanol–water partition coefficient (Wildman–Crippen LogP) is 0.923. The number of anilines is 1. The molecule has 0 bridgehead atoms. The first-order valence-electron chi connectivity index (χ1n) is 4.30. The highest BCUT2D eigenvalue weighted by Gasteiger charge is 2.03. The van der Waals surface area contributed by atoms with Crippen molar-refractivity contribution in [3.05, 3.63) is 24.3 Å². The quantitative estimate of drug-likeness (QED) is 0.347. The number of hydrogen-bond donors (Lipinski definition) is 2. The van der Waals surface area contributed by atoms with E-state index in [4.69, 9.17) is 23.8 Å². The van der Waals surface area contributed by atoms with Gasteiger partial charge in [-0.05, 0) is 12.1 Å². The number of esters is 1. The topological polar surface area (TPSA) is 113 Å². The molecule has 0 saturated heterocycles. The summed E-state index contributed by atoms with van der Waals surface area (Å²) in [6.07, 6.45) is 0.355. The van der Waals surface area contributed by atoms with E-state index in [2.05, 4.69) is 0 Å². The summed E-state index contributed by atoms with van der Waals surface area (Å²) in [4.78, 5) is 10.9. The van der Waals surface area contributed by atoms with Crippen LogP contribution in [0.5, 0.6) is 5.75 Å². The van der Waals surface area contributed by atoms with E-state index < -0.39 is 11.4 Å². The molecule has 1 atom stereocenters. The molecule has 1 aromatic rings. The number of nitrogens with two attached hydrogens (primary N) is 1. The van der Waals surface area contributed by atoms with Crippen LogP contribution < -0.4 is 10.5 Å². The standard InChI is InChI=1S/C9H11NO2.H2O3S/c1-2-9(11)12-8-6-4-3-5-7(8)10;1-4(2)3/h3-6H,2,10H2,1H3;(H2,1,2,3)/p-1. The zero-order chi connectivity index (χ0) is 12.6. The second-order valence-electron chi connectivity index (χ2n) is 2.58. The SMILES string of the molecule is CCC(=O)Oc1ccccc1N.O=S([O-])O. The van der Waals surface area contributed by atoms with Crippen molar-refractivity contribution >= 4 is 23.0 Å². The van der Waals surface area contributed by atoms with E-state index in [0.717, 1.165) is 0 Å². The highest BCUT2D eigenvalue weighted by Crippen LogP contribution is 2.19. The van der Waals surface area contributed by atoms with Crippen molar-refractivity contribution in [3.63, 3.8) is 0 Å². The van der Waals surface area contributed by atoms with E-state index >= 15 is 0 Å². The number of carbonyl (C=O) groups is 1. The average molecular weight is 246 g/mol. The Hall–Kier alpha value is -1.44. The maximum atomic E-state index is 10.9. The summed E-state index contributed by atoms with van der Waals surface area (Å²) < 4.78 is 29.0. The monoisotopic (exact) mass is 246 g/mol. The van der Waals surface area contributed by atoms with Crippen LogP contribution in [0.3, 0.4) is 0 Å². The molecule has 1 rings (SSSR count). The summed E-state index contributed by atoms with van der Waals surface area (Å²) in [5.41, 5.74) is 6.03. The van der Waals surface area contributed by atoms with Crippen LogP contribution in [-0.2, 0) is 16.2 Å². The van der Waals surface area contributed by atoms with E-state index in [1.165, 1.54) is 0 Å².